The van der Waals surface area contributed by atoms with Crippen molar-refractivity contribution in [3.63, 3.8) is 0 Å². The predicted molar refractivity (Wildman–Crippen MR) is 196 cm³/mol. The van der Waals surface area contributed by atoms with Gasteiger partial charge < -0.3 is 26.4 Å². The molecule has 0 radical (unpaired) electrons. The Kier molecular flexibility index (Phi) is 17.2. The third-order valence-electron chi connectivity index (χ3n) is 9.14. The molecule has 5 N–H and O–H groups in total. The fourth-order valence-electron chi connectivity index (χ4n) is 6.02. The monoisotopic (exact) mass is 716 g/mol. The van der Waals surface area contributed by atoms with Gasteiger partial charge >= 0.3 is 0 Å². The van der Waals surface area contributed by atoms with E-state index in [2.05, 4.69) is 38.4 Å². The predicted octanol–water partition coefficient (Wildman–Crippen LogP) is 3.57. The summed E-state index contributed by atoms with van der Waals surface area (Å²) in [7, 11) is 0. The van der Waals surface area contributed by atoms with Gasteiger partial charge in [-0.15, -0.1) is 0 Å². The lowest BCUT2D eigenvalue weighted by Crippen LogP contribution is -2.59. The van der Waals surface area contributed by atoms with Gasteiger partial charge in [-0.05, 0) is 61.6 Å². The van der Waals surface area contributed by atoms with Crippen molar-refractivity contribution in [1.82, 2.24) is 26.3 Å². The topological polar surface area (TPSA) is 176 Å². The van der Waals surface area contributed by atoms with Crippen LogP contribution in [0.3, 0.4) is 0 Å². The molecule has 0 bridgehead atoms. The largest absolute Gasteiger partial charge is 0.850 e. The van der Waals surface area contributed by atoms with Crippen LogP contribution >= 0.6 is 0 Å². The van der Waals surface area contributed by atoms with Gasteiger partial charge in [0.05, 0.1) is 17.3 Å². The fraction of sp³-hybridized carbons (Fsp3) is 0.500. The Labute approximate surface area is 307 Å². The molecular formula is C40H56N6O6. The molecular weight excluding hydrogens is 660 g/mol. The van der Waals surface area contributed by atoms with Gasteiger partial charge in [-0.1, -0.05) is 90.0 Å². The molecule has 1 aromatic carbocycles. The molecule has 0 aliphatic carbocycles. The highest BCUT2D eigenvalue weighted by molar-refractivity contribution is 5.98. The van der Waals surface area contributed by atoms with Crippen LogP contribution in [-0.4, -0.2) is 58.0 Å². The Hall–Kier alpha value is -4.84. The van der Waals surface area contributed by atoms with Crippen LogP contribution < -0.4 is 31.1 Å². The van der Waals surface area contributed by atoms with Crippen molar-refractivity contribution in [2.24, 2.45) is 11.8 Å². The Morgan fingerprint density at radius 2 is 1.54 bits per heavy atom. The Balaban J connectivity index is 1.68. The first-order valence-corrected chi connectivity index (χ1v) is 18.4. The van der Waals surface area contributed by atoms with Crippen molar-refractivity contribution in [1.29, 1.82) is 0 Å². The molecule has 3 rings (SSSR count). The SMILES string of the molecule is CCC[C@H](NC(=O)[C@@H](NC(=O)c1cc[n+](O)cc1)[C@@H](C)CC)C(=O)N[C@@H](CC(C)C)[C@@H]([O-])CC(=O)NC(CCCc1ccccc1)c1ccccn1. The summed E-state index contributed by atoms with van der Waals surface area (Å²) in [6, 6.07) is 15.3. The number of pyridine rings is 2. The van der Waals surface area contributed by atoms with Gasteiger partial charge in [0.25, 0.3) is 5.91 Å². The van der Waals surface area contributed by atoms with Gasteiger partial charge in [0.2, 0.25) is 30.1 Å². The zero-order chi connectivity index (χ0) is 38.0. The molecule has 1 unspecified atom stereocenters. The number of nitrogens with one attached hydrogen (secondary N) is 4. The molecule has 0 spiro atoms. The van der Waals surface area contributed by atoms with E-state index in [1.807, 2.05) is 71.0 Å². The minimum Gasteiger partial charge on any atom is -0.850 e. The quantitative estimate of drug-likeness (QED) is 0.0827. The number of amides is 4. The Morgan fingerprint density at radius 3 is 2.15 bits per heavy atom. The molecule has 52 heavy (non-hydrogen) atoms. The van der Waals surface area contributed by atoms with Crippen molar-refractivity contribution in [3.8, 4) is 0 Å². The summed E-state index contributed by atoms with van der Waals surface area (Å²) in [5, 5.41) is 34.7. The van der Waals surface area contributed by atoms with Crippen LogP contribution in [0.2, 0.25) is 0 Å². The van der Waals surface area contributed by atoms with Crippen molar-refractivity contribution in [2.75, 3.05) is 0 Å². The van der Waals surface area contributed by atoms with E-state index >= 15 is 0 Å². The molecule has 3 aromatic rings. The summed E-state index contributed by atoms with van der Waals surface area (Å²) in [6.07, 6.45) is 6.59. The summed E-state index contributed by atoms with van der Waals surface area (Å²) >= 11 is 0. The van der Waals surface area contributed by atoms with Crippen LogP contribution in [0.5, 0.6) is 0 Å². The van der Waals surface area contributed by atoms with Gasteiger partial charge in [-0.25, -0.2) is 0 Å². The second-order valence-electron chi connectivity index (χ2n) is 13.9. The molecule has 0 fully saturated rings. The van der Waals surface area contributed by atoms with E-state index in [1.165, 1.54) is 30.1 Å². The van der Waals surface area contributed by atoms with E-state index in [0.717, 1.165) is 17.6 Å². The highest BCUT2D eigenvalue weighted by Gasteiger charge is 2.31. The number of hydrogen-bond donors (Lipinski definition) is 5. The van der Waals surface area contributed by atoms with Gasteiger partial charge in [-0.3, -0.25) is 29.4 Å². The number of aryl methyl sites for hydroxylation is 1. The minimum atomic E-state index is -1.44. The van der Waals surface area contributed by atoms with Crippen LogP contribution in [0.15, 0.2) is 79.3 Å². The average molecular weight is 717 g/mol. The van der Waals surface area contributed by atoms with Gasteiger partial charge in [0, 0.05) is 35.5 Å². The molecule has 282 valence electrons. The smallest absolute Gasteiger partial charge is 0.252 e. The number of carbonyl (C=O) groups is 4. The molecule has 0 saturated carbocycles. The maximum absolute atomic E-state index is 13.7. The standard InChI is InChI=1S/C40H56N6O6/c1-6-14-33(43-40(51)37(28(5)7-2)45-38(49)30-20-23-46(52)24-21-30)39(50)44-34(25-27(3)4)35(47)26-36(48)42-32(31-18-11-12-22-41-31)19-13-17-29-15-9-8-10-16-29/h8-12,15-16,18,20-24,27-28,32-35,37,52H,6-7,13-14,17,19,25-26H2,1-5H3,(H,42,48)(H,43,51)(H,44,50)(H,45,49)/t28-,32?,33-,34-,35-,37-/m0/s1. The van der Waals surface area contributed by atoms with Crippen LogP contribution in [0.4, 0.5) is 0 Å². The van der Waals surface area contributed by atoms with Crippen molar-refractivity contribution < 1.29 is 34.2 Å². The summed E-state index contributed by atoms with van der Waals surface area (Å²) < 4.78 is 0.808. The summed E-state index contributed by atoms with van der Waals surface area (Å²) in [5.41, 5.74) is 2.17. The van der Waals surface area contributed by atoms with Gasteiger partial charge in [-0.2, -0.15) is 0 Å². The van der Waals surface area contributed by atoms with Gasteiger partial charge in [0.1, 0.15) is 12.1 Å². The maximum atomic E-state index is 13.7. The van der Waals surface area contributed by atoms with E-state index in [4.69, 9.17) is 0 Å². The second-order valence-corrected chi connectivity index (χ2v) is 13.9. The molecule has 6 atom stereocenters. The second kappa shape index (κ2) is 21.5. The van der Waals surface area contributed by atoms with Crippen LogP contribution in [0, 0.1) is 11.8 Å². The van der Waals surface area contributed by atoms with Crippen molar-refractivity contribution in [3.05, 3.63) is 96.1 Å². The number of benzene rings is 1. The Morgan fingerprint density at radius 1 is 0.846 bits per heavy atom. The highest BCUT2D eigenvalue weighted by atomic mass is 16.5. The lowest BCUT2D eigenvalue weighted by molar-refractivity contribution is -0.904. The average Bonchev–Trinajstić information content (AvgIpc) is 3.13. The van der Waals surface area contributed by atoms with E-state index in [9.17, 15) is 29.5 Å². The van der Waals surface area contributed by atoms with E-state index in [1.54, 1.807) is 6.20 Å². The van der Waals surface area contributed by atoms with E-state index in [0.29, 0.717) is 37.8 Å². The van der Waals surface area contributed by atoms with Crippen molar-refractivity contribution >= 4 is 23.6 Å². The minimum absolute atomic E-state index is 0.0478. The summed E-state index contributed by atoms with van der Waals surface area (Å²) in [6.45, 7) is 9.49. The number of rotatable bonds is 21. The normalized spacial score (nSPS) is 14.7. The molecule has 12 nitrogen and oxygen atoms in total. The van der Waals surface area contributed by atoms with Crippen LogP contribution in [-0.2, 0) is 20.8 Å². The van der Waals surface area contributed by atoms with Gasteiger partial charge in [0.15, 0.2) is 0 Å². The number of aromatic nitrogens is 2. The van der Waals surface area contributed by atoms with E-state index in [-0.39, 0.29) is 29.9 Å². The molecule has 2 aromatic heterocycles. The first kappa shape index (κ1) is 41.6. The molecule has 0 aliphatic heterocycles. The van der Waals surface area contributed by atoms with Crippen molar-refractivity contribution in [2.45, 2.75) is 116 Å². The van der Waals surface area contributed by atoms with E-state index < -0.39 is 47.9 Å². The van der Waals surface area contributed by atoms with Crippen LogP contribution in [0.25, 0.3) is 0 Å². The first-order chi connectivity index (χ1) is 24.9. The zero-order valence-electron chi connectivity index (χ0n) is 31.1. The third-order valence-corrected chi connectivity index (χ3v) is 9.14. The third kappa shape index (κ3) is 13.7. The first-order valence-electron chi connectivity index (χ1n) is 18.4. The number of hydrogen-bond acceptors (Lipinski definition) is 7. The maximum Gasteiger partial charge on any atom is 0.252 e. The molecule has 0 aliphatic rings. The molecule has 4 amide bonds. The zero-order valence-corrected chi connectivity index (χ0v) is 31.1. The number of carbonyl (C=O) groups excluding carboxylic acids is 4. The lowest BCUT2D eigenvalue weighted by Gasteiger charge is -2.35. The Bertz CT molecular complexity index is 1540. The summed E-state index contributed by atoms with van der Waals surface area (Å²) in [4.78, 5) is 58.1. The number of nitrogens with zero attached hydrogens (tertiary/aromatic N) is 2. The highest BCUT2D eigenvalue weighted by Crippen LogP contribution is 2.19. The fourth-order valence-corrected chi connectivity index (χ4v) is 6.02. The molecule has 12 heteroatoms. The lowest BCUT2D eigenvalue weighted by atomic mass is 9.95. The molecule has 2 heterocycles. The van der Waals surface area contributed by atoms with Crippen LogP contribution in [0.1, 0.15) is 107 Å². The molecule has 0 saturated heterocycles. The summed E-state index contributed by atoms with van der Waals surface area (Å²) in [5.74, 6) is -2.16.